The van der Waals surface area contributed by atoms with E-state index < -0.39 is 24.9 Å². The molecule has 0 unspecified atom stereocenters. The first-order valence-electron chi connectivity index (χ1n) is 8.15. The Balaban J connectivity index is 1.75. The van der Waals surface area contributed by atoms with E-state index in [1.54, 1.807) is 0 Å². The van der Waals surface area contributed by atoms with E-state index in [4.69, 9.17) is 9.26 Å². The van der Waals surface area contributed by atoms with Crippen LogP contribution in [0.2, 0.25) is 0 Å². The van der Waals surface area contributed by atoms with Crippen molar-refractivity contribution in [1.29, 1.82) is 0 Å². The van der Waals surface area contributed by atoms with Crippen LogP contribution in [0.15, 0.2) is 16.2 Å². The number of likely N-dealkylation sites (tertiary alicyclic amines) is 1. The number of allylic oxidation sites excluding steroid dienone is 1. The van der Waals surface area contributed by atoms with Gasteiger partial charge in [-0.25, -0.2) is 8.78 Å². The second kappa shape index (κ2) is 6.96. The van der Waals surface area contributed by atoms with Crippen molar-refractivity contribution in [3.8, 4) is 0 Å². The average Bonchev–Trinajstić information content (AvgIpc) is 3.12. The van der Waals surface area contributed by atoms with Crippen molar-refractivity contribution in [2.24, 2.45) is 0 Å². The molecule has 0 aromatic carbocycles. The van der Waals surface area contributed by atoms with Crippen LogP contribution in [0.3, 0.4) is 0 Å². The van der Waals surface area contributed by atoms with Gasteiger partial charge in [0.15, 0.2) is 5.82 Å². The Bertz CT molecular complexity index is 630. The maximum absolute atomic E-state index is 13.9. The minimum atomic E-state index is -2.95. The standard InChI is InChI=1S/C16H21F2N3O3/c1-23-9-13-19-15(24-20-13)12-8-16(17,18)10-21(12)14(22)7-11-5-3-2-4-6-11/h5,12H,2-4,6-10H2,1H3/t12-/m0/s1. The Hall–Kier alpha value is -1.83. The SMILES string of the molecule is COCc1noc([C@@H]2CC(F)(F)CN2C(=O)CC2=CCCCC2)n1. The van der Waals surface area contributed by atoms with E-state index >= 15 is 0 Å². The fourth-order valence-corrected chi connectivity index (χ4v) is 3.25. The Labute approximate surface area is 138 Å². The van der Waals surface area contributed by atoms with Crippen molar-refractivity contribution in [3.63, 3.8) is 0 Å². The highest BCUT2D eigenvalue weighted by Gasteiger charge is 2.49. The summed E-state index contributed by atoms with van der Waals surface area (Å²) in [7, 11) is 1.48. The lowest BCUT2D eigenvalue weighted by atomic mass is 9.97. The molecule has 8 heteroatoms. The van der Waals surface area contributed by atoms with Gasteiger partial charge >= 0.3 is 0 Å². The summed E-state index contributed by atoms with van der Waals surface area (Å²) in [5.74, 6) is -2.93. The summed E-state index contributed by atoms with van der Waals surface area (Å²) in [5, 5.41) is 3.70. The number of carbonyl (C=O) groups is 1. The van der Waals surface area contributed by atoms with E-state index in [2.05, 4.69) is 10.1 Å². The van der Waals surface area contributed by atoms with Gasteiger partial charge in [0, 0.05) is 20.0 Å². The van der Waals surface area contributed by atoms with Gasteiger partial charge in [-0.05, 0) is 25.7 Å². The molecule has 0 N–H and O–H groups in total. The first-order valence-corrected chi connectivity index (χ1v) is 8.15. The predicted molar refractivity (Wildman–Crippen MR) is 80.2 cm³/mol. The van der Waals surface area contributed by atoms with Crippen LogP contribution in [0.5, 0.6) is 0 Å². The third-order valence-corrected chi connectivity index (χ3v) is 4.40. The highest BCUT2D eigenvalue weighted by Crippen LogP contribution is 2.41. The molecule has 2 heterocycles. The molecule has 1 saturated heterocycles. The minimum Gasteiger partial charge on any atom is -0.377 e. The first kappa shape index (κ1) is 17.0. The van der Waals surface area contributed by atoms with Crippen LogP contribution in [0.1, 0.15) is 56.3 Å². The smallest absolute Gasteiger partial charge is 0.267 e. The summed E-state index contributed by atoms with van der Waals surface area (Å²) < 4.78 is 37.8. The first-order chi connectivity index (χ1) is 11.5. The molecule has 132 valence electrons. The molecule has 6 nitrogen and oxygen atoms in total. The van der Waals surface area contributed by atoms with Crippen LogP contribution in [0, 0.1) is 0 Å². The van der Waals surface area contributed by atoms with Crippen molar-refractivity contribution in [1.82, 2.24) is 15.0 Å². The van der Waals surface area contributed by atoms with Gasteiger partial charge in [0.05, 0.1) is 6.54 Å². The number of amides is 1. The lowest BCUT2D eigenvalue weighted by Crippen LogP contribution is -2.33. The predicted octanol–water partition coefficient (Wildman–Crippen LogP) is 3.02. The molecular weight excluding hydrogens is 320 g/mol. The van der Waals surface area contributed by atoms with Gasteiger partial charge in [-0.3, -0.25) is 4.79 Å². The number of aromatic nitrogens is 2. The second-order valence-corrected chi connectivity index (χ2v) is 6.36. The normalized spacial score (nSPS) is 23.4. The Morgan fingerprint density at radius 2 is 2.33 bits per heavy atom. The molecule has 24 heavy (non-hydrogen) atoms. The molecule has 3 rings (SSSR count). The number of ether oxygens (including phenoxy) is 1. The Kier molecular flexibility index (Phi) is 4.93. The number of hydrogen-bond donors (Lipinski definition) is 0. The largest absolute Gasteiger partial charge is 0.377 e. The zero-order chi connectivity index (χ0) is 17.2. The van der Waals surface area contributed by atoms with Gasteiger partial charge in [0.25, 0.3) is 5.92 Å². The minimum absolute atomic E-state index is 0.0465. The molecule has 1 aliphatic heterocycles. The van der Waals surface area contributed by atoms with E-state index in [0.29, 0.717) is 0 Å². The summed E-state index contributed by atoms with van der Waals surface area (Å²) >= 11 is 0. The molecule has 0 spiro atoms. The fourth-order valence-electron chi connectivity index (χ4n) is 3.25. The summed E-state index contributed by atoms with van der Waals surface area (Å²) in [6.07, 6.45) is 5.71. The lowest BCUT2D eigenvalue weighted by molar-refractivity contribution is -0.133. The van der Waals surface area contributed by atoms with Crippen LogP contribution in [-0.2, 0) is 16.1 Å². The number of alkyl halides is 2. The van der Waals surface area contributed by atoms with Crippen LogP contribution in [0.25, 0.3) is 0 Å². The van der Waals surface area contributed by atoms with Gasteiger partial charge < -0.3 is 14.2 Å². The van der Waals surface area contributed by atoms with Gasteiger partial charge in [-0.15, -0.1) is 0 Å². The number of halogens is 2. The number of methoxy groups -OCH3 is 1. The molecule has 0 radical (unpaired) electrons. The Morgan fingerprint density at radius 3 is 3.04 bits per heavy atom. The van der Waals surface area contributed by atoms with Crippen LogP contribution < -0.4 is 0 Å². The van der Waals surface area contributed by atoms with E-state index in [9.17, 15) is 13.6 Å². The quantitative estimate of drug-likeness (QED) is 0.770. The molecule has 1 atom stereocenters. The maximum atomic E-state index is 13.9. The third kappa shape index (κ3) is 3.80. The maximum Gasteiger partial charge on any atom is 0.267 e. The monoisotopic (exact) mass is 341 g/mol. The second-order valence-electron chi connectivity index (χ2n) is 6.36. The van der Waals surface area contributed by atoms with E-state index in [-0.39, 0.29) is 30.7 Å². The van der Waals surface area contributed by atoms with Crippen molar-refractivity contribution in [3.05, 3.63) is 23.4 Å². The number of carbonyl (C=O) groups excluding carboxylic acids is 1. The summed E-state index contributed by atoms with van der Waals surface area (Å²) in [6, 6.07) is -0.880. The molecule has 0 bridgehead atoms. The zero-order valence-corrected chi connectivity index (χ0v) is 13.6. The molecular formula is C16H21F2N3O3. The molecule has 1 aromatic rings. The molecule has 2 aliphatic rings. The summed E-state index contributed by atoms with van der Waals surface area (Å²) in [5.41, 5.74) is 1.03. The van der Waals surface area contributed by atoms with E-state index in [1.165, 1.54) is 12.0 Å². The van der Waals surface area contributed by atoms with Gasteiger partial charge in [-0.2, -0.15) is 4.98 Å². The highest BCUT2D eigenvalue weighted by molar-refractivity contribution is 5.79. The molecule has 1 aromatic heterocycles. The number of hydrogen-bond acceptors (Lipinski definition) is 5. The van der Waals surface area contributed by atoms with Crippen molar-refractivity contribution in [2.45, 2.75) is 57.1 Å². The van der Waals surface area contributed by atoms with Crippen LogP contribution >= 0.6 is 0 Å². The molecule has 1 aliphatic carbocycles. The van der Waals surface area contributed by atoms with E-state index in [0.717, 1.165) is 31.3 Å². The van der Waals surface area contributed by atoms with Crippen LogP contribution in [0.4, 0.5) is 8.78 Å². The molecule has 0 saturated carbocycles. The zero-order valence-electron chi connectivity index (χ0n) is 13.6. The van der Waals surface area contributed by atoms with Gasteiger partial charge in [0.2, 0.25) is 11.8 Å². The average molecular weight is 341 g/mol. The Morgan fingerprint density at radius 1 is 1.50 bits per heavy atom. The fraction of sp³-hybridized carbons (Fsp3) is 0.688. The third-order valence-electron chi connectivity index (χ3n) is 4.40. The van der Waals surface area contributed by atoms with Crippen LogP contribution in [-0.4, -0.2) is 40.5 Å². The van der Waals surface area contributed by atoms with Crippen molar-refractivity contribution in [2.75, 3.05) is 13.7 Å². The number of nitrogens with zero attached hydrogens (tertiary/aromatic N) is 3. The topological polar surface area (TPSA) is 68.5 Å². The summed E-state index contributed by atoms with van der Waals surface area (Å²) in [4.78, 5) is 17.8. The van der Waals surface area contributed by atoms with E-state index in [1.807, 2.05) is 6.08 Å². The highest BCUT2D eigenvalue weighted by atomic mass is 19.3. The van der Waals surface area contributed by atoms with Crippen molar-refractivity contribution < 1.29 is 22.8 Å². The molecule has 1 fully saturated rings. The van der Waals surface area contributed by atoms with Gasteiger partial charge in [0.1, 0.15) is 12.6 Å². The van der Waals surface area contributed by atoms with Gasteiger partial charge in [-0.1, -0.05) is 16.8 Å². The lowest BCUT2D eigenvalue weighted by Gasteiger charge is -2.22. The number of rotatable bonds is 5. The summed E-state index contributed by atoms with van der Waals surface area (Å²) in [6.45, 7) is -0.473. The molecule has 1 amide bonds. The van der Waals surface area contributed by atoms with Crippen molar-refractivity contribution >= 4 is 5.91 Å².